The maximum atomic E-state index is 11.3. The third kappa shape index (κ3) is 1.02. The zero-order chi connectivity index (χ0) is 8.77. The fourth-order valence-electron chi connectivity index (χ4n) is 0.996. The van der Waals surface area contributed by atoms with Gasteiger partial charge in [-0.2, -0.15) is 24.2 Å². The molecule has 0 bridgehead atoms. The van der Waals surface area contributed by atoms with Crippen LogP contribution in [0.15, 0.2) is 20.1 Å². The van der Waals surface area contributed by atoms with Gasteiger partial charge < -0.3 is 0 Å². The number of hydrogen-bond acceptors (Lipinski definition) is 4. The first-order valence-corrected chi connectivity index (χ1v) is 6.71. The lowest BCUT2D eigenvalue weighted by Crippen LogP contribution is -1.88. The van der Waals surface area contributed by atoms with Crippen LogP contribution >= 0.6 is 23.1 Å². The molecule has 0 unspecified atom stereocenters. The lowest BCUT2D eigenvalue weighted by atomic mass is 10.4. The molecule has 6 heteroatoms. The molecule has 0 radical (unpaired) electrons. The Morgan fingerprint density at radius 1 is 1.50 bits per heavy atom. The minimum absolute atomic E-state index is 0.358. The Labute approximate surface area is 78.6 Å². The molecule has 0 aromatic carbocycles. The number of thiophene rings is 1. The van der Waals surface area contributed by atoms with E-state index in [1.807, 2.05) is 11.6 Å². The second-order valence-corrected chi connectivity index (χ2v) is 5.34. The molecule has 2 heterocycles. The molecule has 0 atom stereocenters. The van der Waals surface area contributed by atoms with Crippen LogP contribution in [0.3, 0.4) is 0 Å². The summed E-state index contributed by atoms with van der Waals surface area (Å²) in [5.41, 5.74) is 0.757. The normalized spacial score (nSPS) is 18.9. The third-order valence-corrected chi connectivity index (χ3v) is 4.55. The molecule has 1 aliphatic heterocycles. The molecule has 0 spiro atoms. The average Bonchev–Trinajstić information content (AvgIpc) is 2.54. The van der Waals surface area contributed by atoms with Crippen LogP contribution in [0.2, 0.25) is 0 Å². The highest BCUT2D eigenvalue weighted by molar-refractivity contribution is 8.14. The predicted molar refractivity (Wildman–Crippen MR) is 51.6 cm³/mol. The van der Waals surface area contributed by atoms with Crippen molar-refractivity contribution in [3.63, 3.8) is 0 Å². The van der Waals surface area contributed by atoms with Gasteiger partial charge in [0.2, 0.25) is 0 Å². The van der Waals surface area contributed by atoms with Crippen LogP contribution in [0.5, 0.6) is 0 Å². The second-order valence-electron chi connectivity index (χ2n) is 2.23. The van der Waals surface area contributed by atoms with Gasteiger partial charge in [0.15, 0.2) is 0 Å². The molecule has 1 aromatic heterocycles. The van der Waals surface area contributed by atoms with Crippen molar-refractivity contribution >= 4 is 38.2 Å². The summed E-state index contributed by atoms with van der Waals surface area (Å²) < 4.78 is 26.2. The van der Waals surface area contributed by atoms with E-state index in [1.165, 1.54) is 23.1 Å². The molecule has 0 fully saturated rings. The Bertz CT molecular complexity index is 443. The highest BCUT2D eigenvalue weighted by Gasteiger charge is 2.28. The lowest BCUT2D eigenvalue weighted by Gasteiger charge is -1.88. The highest BCUT2D eigenvalue weighted by Crippen LogP contribution is 2.32. The van der Waals surface area contributed by atoms with Crippen molar-refractivity contribution in [2.75, 3.05) is 6.26 Å². The standard InChI is InChI=1S/C6H5NO2S3/c1-10-6-4-2-11-3-5(4)12(8,9)7-6/h2-3H,1H3. The molecule has 64 valence electrons. The van der Waals surface area contributed by atoms with Crippen molar-refractivity contribution < 1.29 is 8.42 Å². The summed E-state index contributed by atoms with van der Waals surface area (Å²) in [5, 5.41) is 4.04. The summed E-state index contributed by atoms with van der Waals surface area (Å²) >= 11 is 2.75. The van der Waals surface area contributed by atoms with Crippen LogP contribution < -0.4 is 0 Å². The third-order valence-electron chi connectivity index (χ3n) is 1.53. The predicted octanol–water partition coefficient (Wildman–Crippen LogP) is 1.56. The van der Waals surface area contributed by atoms with E-state index in [9.17, 15) is 8.42 Å². The van der Waals surface area contributed by atoms with Gasteiger partial charge >= 0.3 is 0 Å². The zero-order valence-electron chi connectivity index (χ0n) is 6.14. The number of nitrogens with zero attached hydrogens (tertiary/aromatic N) is 1. The van der Waals surface area contributed by atoms with E-state index in [0.717, 1.165) is 5.56 Å². The van der Waals surface area contributed by atoms with Gasteiger partial charge in [-0.3, -0.25) is 0 Å². The van der Waals surface area contributed by atoms with Crippen molar-refractivity contribution in [2.24, 2.45) is 4.40 Å². The summed E-state index contributed by atoms with van der Waals surface area (Å²) in [6.07, 6.45) is 1.82. The van der Waals surface area contributed by atoms with Crippen molar-refractivity contribution in [3.8, 4) is 0 Å². The van der Waals surface area contributed by atoms with Gasteiger partial charge in [0, 0.05) is 16.3 Å². The minimum Gasteiger partial charge on any atom is -0.199 e. The highest BCUT2D eigenvalue weighted by atomic mass is 32.2. The molecule has 0 saturated heterocycles. The zero-order valence-corrected chi connectivity index (χ0v) is 8.59. The molecule has 12 heavy (non-hydrogen) atoms. The first kappa shape index (κ1) is 8.28. The van der Waals surface area contributed by atoms with Crippen molar-refractivity contribution in [1.82, 2.24) is 0 Å². The maximum absolute atomic E-state index is 11.3. The fraction of sp³-hybridized carbons (Fsp3) is 0.167. The number of sulfonamides is 1. The van der Waals surface area contributed by atoms with E-state index in [1.54, 1.807) is 5.38 Å². The molecule has 1 aliphatic rings. The summed E-state index contributed by atoms with van der Waals surface area (Å²) in [6.45, 7) is 0. The average molecular weight is 219 g/mol. The van der Waals surface area contributed by atoms with Crippen molar-refractivity contribution in [3.05, 3.63) is 16.3 Å². The quantitative estimate of drug-likeness (QED) is 0.665. The smallest absolute Gasteiger partial charge is 0.199 e. The molecule has 2 rings (SSSR count). The molecular weight excluding hydrogens is 214 g/mol. The number of thioether (sulfide) groups is 1. The lowest BCUT2D eigenvalue weighted by molar-refractivity contribution is 0.599. The maximum Gasteiger partial charge on any atom is 0.284 e. The van der Waals surface area contributed by atoms with Gasteiger partial charge in [-0.15, -0.1) is 11.8 Å². The largest absolute Gasteiger partial charge is 0.284 e. The van der Waals surface area contributed by atoms with Crippen LogP contribution in [0.1, 0.15) is 5.56 Å². The molecule has 0 saturated carbocycles. The summed E-state index contributed by atoms with van der Waals surface area (Å²) in [4.78, 5) is 0.358. The second kappa shape index (κ2) is 2.58. The minimum atomic E-state index is -3.35. The van der Waals surface area contributed by atoms with E-state index in [0.29, 0.717) is 9.94 Å². The first-order chi connectivity index (χ1) is 5.65. The molecular formula is C6H5NO2S3. The molecule has 0 aliphatic carbocycles. The van der Waals surface area contributed by atoms with E-state index in [-0.39, 0.29) is 0 Å². The van der Waals surface area contributed by atoms with E-state index < -0.39 is 10.0 Å². The Balaban J connectivity index is 2.74. The van der Waals surface area contributed by atoms with Crippen molar-refractivity contribution in [2.45, 2.75) is 4.90 Å². The van der Waals surface area contributed by atoms with Gasteiger partial charge in [-0.25, -0.2) is 0 Å². The van der Waals surface area contributed by atoms with Crippen LogP contribution in [0, 0.1) is 0 Å². The monoisotopic (exact) mass is 219 g/mol. The Hall–Kier alpha value is -0.330. The first-order valence-electron chi connectivity index (χ1n) is 3.10. The van der Waals surface area contributed by atoms with E-state index in [2.05, 4.69) is 4.40 Å². The summed E-state index contributed by atoms with van der Waals surface area (Å²) in [5.74, 6) is 0. The van der Waals surface area contributed by atoms with Gasteiger partial charge in [0.1, 0.15) is 9.94 Å². The topological polar surface area (TPSA) is 46.5 Å². The van der Waals surface area contributed by atoms with Crippen LogP contribution in [-0.2, 0) is 10.0 Å². The van der Waals surface area contributed by atoms with Gasteiger partial charge in [0.05, 0.1) is 0 Å². The van der Waals surface area contributed by atoms with Gasteiger partial charge in [-0.05, 0) is 6.26 Å². The molecule has 1 aromatic rings. The molecule has 0 amide bonds. The van der Waals surface area contributed by atoms with Crippen LogP contribution in [0.25, 0.3) is 0 Å². The van der Waals surface area contributed by atoms with Gasteiger partial charge in [0.25, 0.3) is 10.0 Å². The van der Waals surface area contributed by atoms with Crippen LogP contribution in [0.4, 0.5) is 0 Å². The van der Waals surface area contributed by atoms with Crippen LogP contribution in [-0.4, -0.2) is 19.7 Å². The number of rotatable bonds is 0. The van der Waals surface area contributed by atoms with E-state index in [4.69, 9.17) is 0 Å². The molecule has 3 nitrogen and oxygen atoms in total. The van der Waals surface area contributed by atoms with Crippen molar-refractivity contribution in [1.29, 1.82) is 0 Å². The fourth-order valence-corrected chi connectivity index (χ4v) is 4.39. The Morgan fingerprint density at radius 2 is 2.25 bits per heavy atom. The number of fused-ring (bicyclic) bond motifs is 1. The summed E-state index contributed by atoms with van der Waals surface area (Å²) in [7, 11) is -3.35. The number of hydrogen-bond donors (Lipinski definition) is 0. The molecule has 0 N–H and O–H groups in total. The Kier molecular flexibility index (Phi) is 1.78. The summed E-state index contributed by atoms with van der Waals surface area (Å²) in [6, 6.07) is 0. The Morgan fingerprint density at radius 3 is 2.92 bits per heavy atom. The SMILES string of the molecule is CSC1=NS(=O)(=O)c2cscc21. The van der Waals surface area contributed by atoms with Gasteiger partial charge in [-0.1, -0.05) is 0 Å². The van der Waals surface area contributed by atoms with E-state index >= 15 is 0 Å².